The van der Waals surface area contributed by atoms with E-state index >= 15 is 0 Å². The molecule has 0 spiro atoms. The maximum absolute atomic E-state index is 5.62. The third-order valence-corrected chi connectivity index (χ3v) is 4.10. The first-order chi connectivity index (χ1) is 9.86. The lowest BCUT2D eigenvalue weighted by Gasteiger charge is -2.05. The van der Waals surface area contributed by atoms with E-state index in [1.165, 1.54) is 4.70 Å². The van der Waals surface area contributed by atoms with Gasteiger partial charge in [-0.3, -0.25) is 0 Å². The molecule has 0 aliphatic carbocycles. The van der Waals surface area contributed by atoms with Gasteiger partial charge in [0.15, 0.2) is 0 Å². The Morgan fingerprint density at radius 1 is 1.10 bits per heavy atom. The van der Waals surface area contributed by atoms with Crippen molar-refractivity contribution < 1.29 is 4.74 Å². The molecule has 2 aromatic carbocycles. The quantitative estimate of drug-likeness (QED) is 0.727. The van der Waals surface area contributed by atoms with Gasteiger partial charge in [-0.1, -0.05) is 12.1 Å². The fourth-order valence-electron chi connectivity index (χ4n) is 1.96. The SMILES string of the molecule is CNCCOc1ccc(-c2nc3ccccc3s2)cc1. The number of aromatic nitrogens is 1. The minimum Gasteiger partial charge on any atom is -0.492 e. The fourth-order valence-corrected chi connectivity index (χ4v) is 2.93. The third kappa shape index (κ3) is 2.81. The fraction of sp³-hybridized carbons (Fsp3) is 0.188. The van der Waals surface area contributed by atoms with E-state index in [-0.39, 0.29) is 0 Å². The van der Waals surface area contributed by atoms with Crippen molar-refractivity contribution in [1.29, 1.82) is 0 Å². The number of para-hydroxylation sites is 1. The number of nitrogens with one attached hydrogen (secondary N) is 1. The highest BCUT2D eigenvalue weighted by Crippen LogP contribution is 2.30. The van der Waals surface area contributed by atoms with Gasteiger partial charge in [0.2, 0.25) is 0 Å². The van der Waals surface area contributed by atoms with Crippen LogP contribution in [0.4, 0.5) is 0 Å². The lowest BCUT2D eigenvalue weighted by Crippen LogP contribution is -2.15. The van der Waals surface area contributed by atoms with E-state index < -0.39 is 0 Å². The molecule has 3 nitrogen and oxygen atoms in total. The summed E-state index contributed by atoms with van der Waals surface area (Å²) in [6.07, 6.45) is 0. The first-order valence-electron chi connectivity index (χ1n) is 6.60. The van der Waals surface area contributed by atoms with E-state index in [2.05, 4.69) is 28.5 Å². The lowest BCUT2D eigenvalue weighted by atomic mass is 10.2. The van der Waals surface area contributed by atoms with Crippen LogP contribution in [0.3, 0.4) is 0 Å². The molecule has 1 aromatic heterocycles. The molecule has 3 aromatic rings. The summed E-state index contributed by atoms with van der Waals surface area (Å²) in [7, 11) is 1.92. The van der Waals surface area contributed by atoms with Crippen LogP contribution in [0.1, 0.15) is 0 Å². The number of ether oxygens (including phenoxy) is 1. The van der Waals surface area contributed by atoms with Crippen LogP contribution in [-0.4, -0.2) is 25.2 Å². The highest BCUT2D eigenvalue weighted by molar-refractivity contribution is 7.21. The molecule has 0 atom stereocenters. The Hall–Kier alpha value is -1.91. The summed E-state index contributed by atoms with van der Waals surface area (Å²) < 4.78 is 6.84. The van der Waals surface area contributed by atoms with Crippen molar-refractivity contribution in [3.05, 3.63) is 48.5 Å². The van der Waals surface area contributed by atoms with Crippen LogP contribution in [0.25, 0.3) is 20.8 Å². The molecule has 4 heteroatoms. The molecule has 102 valence electrons. The Labute approximate surface area is 122 Å². The van der Waals surface area contributed by atoms with Gasteiger partial charge in [0.25, 0.3) is 0 Å². The van der Waals surface area contributed by atoms with Crippen LogP contribution in [0, 0.1) is 0 Å². The second-order valence-electron chi connectivity index (χ2n) is 4.46. The highest BCUT2D eigenvalue weighted by Gasteiger charge is 2.05. The zero-order valence-corrected chi connectivity index (χ0v) is 12.1. The summed E-state index contributed by atoms with van der Waals surface area (Å²) in [5, 5.41) is 4.11. The van der Waals surface area contributed by atoms with Crippen molar-refractivity contribution in [1.82, 2.24) is 10.3 Å². The van der Waals surface area contributed by atoms with Crippen LogP contribution in [0.2, 0.25) is 0 Å². The normalized spacial score (nSPS) is 10.8. The van der Waals surface area contributed by atoms with Crippen molar-refractivity contribution in [2.75, 3.05) is 20.2 Å². The molecule has 0 saturated heterocycles. The largest absolute Gasteiger partial charge is 0.492 e. The number of hydrogen-bond acceptors (Lipinski definition) is 4. The summed E-state index contributed by atoms with van der Waals surface area (Å²) in [6.45, 7) is 1.52. The van der Waals surface area contributed by atoms with Crippen LogP contribution in [0.5, 0.6) is 5.75 Å². The van der Waals surface area contributed by atoms with E-state index in [0.29, 0.717) is 6.61 Å². The van der Waals surface area contributed by atoms with Gasteiger partial charge in [0.1, 0.15) is 17.4 Å². The van der Waals surface area contributed by atoms with Gasteiger partial charge in [0, 0.05) is 12.1 Å². The zero-order valence-electron chi connectivity index (χ0n) is 11.3. The molecule has 0 fully saturated rings. The average molecular weight is 284 g/mol. The maximum atomic E-state index is 5.62. The summed E-state index contributed by atoms with van der Waals surface area (Å²) in [4.78, 5) is 4.66. The molecule has 3 rings (SSSR count). The topological polar surface area (TPSA) is 34.1 Å². The molecule has 20 heavy (non-hydrogen) atoms. The van der Waals surface area contributed by atoms with Crippen molar-refractivity contribution >= 4 is 21.6 Å². The molecule has 0 aliphatic heterocycles. The first kappa shape index (κ1) is 13.1. The van der Waals surface area contributed by atoms with E-state index in [4.69, 9.17) is 4.74 Å². The Kier molecular flexibility index (Phi) is 3.95. The van der Waals surface area contributed by atoms with Crippen LogP contribution in [-0.2, 0) is 0 Å². The third-order valence-electron chi connectivity index (χ3n) is 3.02. The van der Waals surface area contributed by atoms with Crippen LogP contribution < -0.4 is 10.1 Å². The minimum absolute atomic E-state index is 0.678. The van der Waals surface area contributed by atoms with Gasteiger partial charge in [-0.25, -0.2) is 4.98 Å². The van der Waals surface area contributed by atoms with Gasteiger partial charge in [-0.05, 0) is 43.4 Å². The Bertz CT molecular complexity index is 658. The predicted octanol–water partition coefficient (Wildman–Crippen LogP) is 3.56. The number of thiazole rings is 1. The monoisotopic (exact) mass is 284 g/mol. The first-order valence-corrected chi connectivity index (χ1v) is 7.42. The molecule has 0 aliphatic rings. The zero-order chi connectivity index (χ0) is 13.8. The minimum atomic E-state index is 0.678. The van der Waals surface area contributed by atoms with Crippen LogP contribution >= 0.6 is 11.3 Å². The van der Waals surface area contributed by atoms with Crippen molar-refractivity contribution in [2.24, 2.45) is 0 Å². The number of hydrogen-bond donors (Lipinski definition) is 1. The number of nitrogens with zero attached hydrogens (tertiary/aromatic N) is 1. The predicted molar refractivity (Wildman–Crippen MR) is 84.5 cm³/mol. The summed E-state index contributed by atoms with van der Waals surface area (Å²) in [5.74, 6) is 0.894. The van der Waals surface area contributed by atoms with E-state index in [0.717, 1.165) is 28.4 Å². The lowest BCUT2D eigenvalue weighted by molar-refractivity contribution is 0.318. The second-order valence-corrected chi connectivity index (χ2v) is 5.49. The van der Waals surface area contributed by atoms with Crippen LogP contribution in [0.15, 0.2) is 48.5 Å². The molecule has 0 saturated carbocycles. The maximum Gasteiger partial charge on any atom is 0.124 e. The Morgan fingerprint density at radius 3 is 2.65 bits per heavy atom. The molecular formula is C16H16N2OS. The van der Waals surface area contributed by atoms with Crippen molar-refractivity contribution in [2.45, 2.75) is 0 Å². The standard InChI is InChI=1S/C16H16N2OS/c1-17-10-11-19-13-8-6-12(7-9-13)16-18-14-4-2-3-5-15(14)20-16/h2-9,17H,10-11H2,1H3. The van der Waals surface area contributed by atoms with Gasteiger partial charge < -0.3 is 10.1 Å². The second kappa shape index (κ2) is 6.03. The Balaban J connectivity index is 1.79. The van der Waals surface area contributed by atoms with Gasteiger partial charge >= 0.3 is 0 Å². The average Bonchev–Trinajstić information content (AvgIpc) is 2.92. The summed E-state index contributed by atoms with van der Waals surface area (Å²) in [5.41, 5.74) is 2.19. The van der Waals surface area contributed by atoms with Crippen molar-refractivity contribution in [3.63, 3.8) is 0 Å². The molecule has 0 unspecified atom stereocenters. The molecule has 0 amide bonds. The Morgan fingerprint density at radius 2 is 1.90 bits per heavy atom. The summed E-state index contributed by atoms with van der Waals surface area (Å²) >= 11 is 1.72. The molecule has 1 N–H and O–H groups in total. The van der Waals surface area contributed by atoms with Gasteiger partial charge in [-0.15, -0.1) is 11.3 Å². The van der Waals surface area contributed by atoms with E-state index in [1.807, 2.05) is 37.4 Å². The molecule has 0 radical (unpaired) electrons. The number of rotatable bonds is 5. The molecule has 1 heterocycles. The smallest absolute Gasteiger partial charge is 0.124 e. The molecule has 0 bridgehead atoms. The van der Waals surface area contributed by atoms with E-state index in [9.17, 15) is 0 Å². The molecular weight excluding hydrogens is 268 g/mol. The number of fused-ring (bicyclic) bond motifs is 1. The van der Waals surface area contributed by atoms with Crippen molar-refractivity contribution in [3.8, 4) is 16.3 Å². The van der Waals surface area contributed by atoms with E-state index in [1.54, 1.807) is 11.3 Å². The number of benzene rings is 2. The number of likely N-dealkylation sites (N-methyl/N-ethyl adjacent to an activating group) is 1. The van der Waals surface area contributed by atoms with Gasteiger partial charge in [-0.2, -0.15) is 0 Å². The van der Waals surface area contributed by atoms with Gasteiger partial charge in [0.05, 0.1) is 10.2 Å². The summed E-state index contributed by atoms with van der Waals surface area (Å²) in [6, 6.07) is 16.3. The highest BCUT2D eigenvalue weighted by atomic mass is 32.1.